The van der Waals surface area contributed by atoms with E-state index in [1.165, 1.54) is 0 Å². The minimum Gasteiger partial charge on any atom is -0.497 e. The van der Waals surface area contributed by atoms with Crippen LogP contribution in [0.3, 0.4) is 0 Å². The number of nitrogens with one attached hydrogen (secondary N) is 1. The Labute approximate surface area is 184 Å². The van der Waals surface area contributed by atoms with Gasteiger partial charge in [-0.1, -0.05) is 49.7 Å². The lowest BCUT2D eigenvalue weighted by Gasteiger charge is -2.31. The van der Waals surface area contributed by atoms with Crippen LogP contribution in [0, 0.1) is 0 Å². The number of methoxy groups -OCH3 is 1. The monoisotopic (exact) mass is 430 g/mol. The molecule has 2 rings (SSSR count). The van der Waals surface area contributed by atoms with Crippen molar-refractivity contribution in [2.24, 2.45) is 0 Å². The summed E-state index contributed by atoms with van der Waals surface area (Å²) in [5.41, 5.74) is 1.76. The lowest BCUT2D eigenvalue weighted by molar-refractivity contribution is -0.141. The molecule has 2 atom stereocenters. The van der Waals surface area contributed by atoms with Crippen molar-refractivity contribution in [3.05, 3.63) is 64.7 Å². The fourth-order valence-electron chi connectivity index (χ4n) is 3.21. The van der Waals surface area contributed by atoms with Crippen LogP contribution in [0.15, 0.2) is 48.5 Å². The van der Waals surface area contributed by atoms with Gasteiger partial charge in [0.1, 0.15) is 11.8 Å². The highest BCUT2D eigenvalue weighted by atomic mass is 35.5. The van der Waals surface area contributed by atoms with E-state index in [0.717, 1.165) is 23.3 Å². The Hall–Kier alpha value is -2.53. The predicted octanol–water partition coefficient (Wildman–Crippen LogP) is 4.61. The van der Waals surface area contributed by atoms with E-state index in [9.17, 15) is 9.59 Å². The Balaban J connectivity index is 2.28. The van der Waals surface area contributed by atoms with Gasteiger partial charge in [-0.2, -0.15) is 0 Å². The molecule has 2 aromatic carbocycles. The number of carbonyl (C=O) groups excluding carboxylic acids is 2. The van der Waals surface area contributed by atoms with Crippen LogP contribution in [0.1, 0.15) is 44.7 Å². The molecule has 0 saturated carbocycles. The molecular weight excluding hydrogens is 400 g/mol. The summed E-state index contributed by atoms with van der Waals surface area (Å²) in [7, 11) is 1.61. The van der Waals surface area contributed by atoms with Crippen molar-refractivity contribution >= 4 is 23.4 Å². The van der Waals surface area contributed by atoms with Gasteiger partial charge in [0.2, 0.25) is 11.8 Å². The van der Waals surface area contributed by atoms with E-state index in [4.69, 9.17) is 16.3 Å². The summed E-state index contributed by atoms with van der Waals surface area (Å²) in [6.45, 7) is 6.25. The molecule has 30 heavy (non-hydrogen) atoms. The second-order valence-corrected chi connectivity index (χ2v) is 7.85. The van der Waals surface area contributed by atoms with Crippen LogP contribution < -0.4 is 10.1 Å². The third-order valence-corrected chi connectivity index (χ3v) is 5.38. The summed E-state index contributed by atoms with van der Waals surface area (Å²) in [5, 5.41) is 3.61. The molecule has 162 valence electrons. The van der Waals surface area contributed by atoms with Crippen LogP contribution >= 0.6 is 11.6 Å². The SMILES string of the molecule is CC[C@H](C)NC(=O)[C@H](CC)N(Cc1ccc(OC)cc1)C(=O)Cc1cccc(Cl)c1. The molecule has 0 unspecified atom stereocenters. The van der Waals surface area contributed by atoms with Gasteiger partial charge in [0, 0.05) is 17.6 Å². The number of carbonyl (C=O) groups is 2. The maximum absolute atomic E-state index is 13.3. The molecule has 0 saturated heterocycles. The Bertz CT molecular complexity index is 839. The molecule has 5 nitrogen and oxygen atoms in total. The number of hydrogen-bond acceptors (Lipinski definition) is 3. The summed E-state index contributed by atoms with van der Waals surface area (Å²) in [4.78, 5) is 27.9. The van der Waals surface area contributed by atoms with Crippen LogP contribution in [0.4, 0.5) is 0 Å². The van der Waals surface area contributed by atoms with E-state index in [0.29, 0.717) is 18.0 Å². The molecule has 0 spiro atoms. The molecule has 1 N–H and O–H groups in total. The van der Waals surface area contributed by atoms with Crippen LogP contribution in [-0.2, 0) is 22.6 Å². The van der Waals surface area contributed by atoms with Gasteiger partial charge in [0.15, 0.2) is 0 Å². The van der Waals surface area contributed by atoms with Gasteiger partial charge in [-0.15, -0.1) is 0 Å². The van der Waals surface area contributed by atoms with Crippen LogP contribution in [0.2, 0.25) is 5.02 Å². The quantitative estimate of drug-likeness (QED) is 0.598. The van der Waals surface area contributed by atoms with Crippen molar-refractivity contribution in [3.63, 3.8) is 0 Å². The standard InChI is InChI=1S/C24H31ClN2O3/c1-5-17(3)26-24(29)22(6-2)27(16-18-10-12-21(30-4)13-11-18)23(28)15-19-8-7-9-20(25)14-19/h7-14,17,22H,5-6,15-16H2,1-4H3,(H,26,29)/t17-,22-/m0/s1. The minimum absolute atomic E-state index is 0.0532. The van der Waals surface area contributed by atoms with Gasteiger partial charge in [-0.3, -0.25) is 9.59 Å². The first-order valence-corrected chi connectivity index (χ1v) is 10.7. The van der Waals surface area contributed by atoms with Crippen molar-refractivity contribution in [1.82, 2.24) is 10.2 Å². The first-order valence-electron chi connectivity index (χ1n) is 10.3. The Morgan fingerprint density at radius 2 is 1.77 bits per heavy atom. The normalized spacial score (nSPS) is 12.7. The topological polar surface area (TPSA) is 58.6 Å². The van der Waals surface area contributed by atoms with E-state index < -0.39 is 6.04 Å². The van der Waals surface area contributed by atoms with Crippen molar-refractivity contribution in [1.29, 1.82) is 0 Å². The molecule has 0 bridgehead atoms. The molecule has 0 radical (unpaired) electrons. The molecule has 0 aliphatic rings. The zero-order valence-electron chi connectivity index (χ0n) is 18.2. The zero-order chi connectivity index (χ0) is 22.1. The number of hydrogen-bond donors (Lipinski definition) is 1. The van der Waals surface area contributed by atoms with Gasteiger partial charge in [-0.25, -0.2) is 0 Å². The summed E-state index contributed by atoms with van der Waals surface area (Å²) in [6, 6.07) is 14.3. The molecule has 2 amide bonds. The fourth-order valence-corrected chi connectivity index (χ4v) is 3.42. The zero-order valence-corrected chi connectivity index (χ0v) is 18.9. The van der Waals surface area contributed by atoms with E-state index >= 15 is 0 Å². The first-order chi connectivity index (χ1) is 14.4. The van der Waals surface area contributed by atoms with Gasteiger partial charge in [0.25, 0.3) is 0 Å². The molecule has 0 fully saturated rings. The van der Waals surface area contributed by atoms with Gasteiger partial charge in [-0.05, 0) is 55.2 Å². The van der Waals surface area contributed by atoms with Crippen molar-refractivity contribution in [2.75, 3.05) is 7.11 Å². The molecule has 0 heterocycles. The summed E-state index contributed by atoms with van der Waals surface area (Å²) >= 11 is 6.08. The first kappa shape index (κ1) is 23.7. The van der Waals surface area contributed by atoms with Crippen molar-refractivity contribution < 1.29 is 14.3 Å². The number of nitrogens with zero attached hydrogens (tertiary/aromatic N) is 1. The average Bonchev–Trinajstić information content (AvgIpc) is 2.73. The highest BCUT2D eigenvalue weighted by Crippen LogP contribution is 2.18. The van der Waals surface area contributed by atoms with Gasteiger partial charge < -0.3 is 15.0 Å². The van der Waals surface area contributed by atoms with Crippen LogP contribution in [-0.4, -0.2) is 35.9 Å². The van der Waals surface area contributed by atoms with Crippen LogP contribution in [0.5, 0.6) is 5.75 Å². The fraction of sp³-hybridized carbons (Fsp3) is 0.417. The lowest BCUT2D eigenvalue weighted by atomic mass is 10.1. The van der Waals surface area contributed by atoms with Crippen molar-refractivity contribution in [3.8, 4) is 5.75 Å². The number of rotatable bonds is 10. The third-order valence-electron chi connectivity index (χ3n) is 5.14. The maximum Gasteiger partial charge on any atom is 0.243 e. The number of benzene rings is 2. The highest BCUT2D eigenvalue weighted by molar-refractivity contribution is 6.30. The average molecular weight is 431 g/mol. The number of amides is 2. The molecule has 6 heteroatoms. The molecular formula is C24H31ClN2O3. The molecule has 0 aliphatic heterocycles. The van der Waals surface area contributed by atoms with E-state index in [-0.39, 0.29) is 24.3 Å². The van der Waals surface area contributed by atoms with Gasteiger partial charge >= 0.3 is 0 Å². The number of ether oxygens (including phenoxy) is 1. The summed E-state index contributed by atoms with van der Waals surface area (Å²) in [5.74, 6) is 0.510. The third kappa shape index (κ3) is 6.77. The lowest BCUT2D eigenvalue weighted by Crippen LogP contribution is -2.51. The Kier molecular flexibility index (Phi) is 9.18. The van der Waals surface area contributed by atoms with Gasteiger partial charge in [0.05, 0.1) is 13.5 Å². The molecule has 2 aromatic rings. The van der Waals surface area contributed by atoms with E-state index in [1.807, 2.05) is 57.2 Å². The summed E-state index contributed by atoms with van der Waals surface area (Å²) in [6.07, 6.45) is 1.54. The second kappa shape index (κ2) is 11.6. The van der Waals surface area contributed by atoms with Crippen LogP contribution in [0.25, 0.3) is 0 Å². The highest BCUT2D eigenvalue weighted by Gasteiger charge is 2.29. The second-order valence-electron chi connectivity index (χ2n) is 7.42. The molecule has 0 aliphatic carbocycles. The maximum atomic E-state index is 13.3. The minimum atomic E-state index is -0.548. The molecule has 0 aromatic heterocycles. The smallest absolute Gasteiger partial charge is 0.243 e. The Morgan fingerprint density at radius 3 is 2.33 bits per heavy atom. The Morgan fingerprint density at radius 1 is 1.07 bits per heavy atom. The number of halogens is 1. The summed E-state index contributed by atoms with van der Waals surface area (Å²) < 4.78 is 5.22. The largest absolute Gasteiger partial charge is 0.497 e. The predicted molar refractivity (Wildman–Crippen MR) is 121 cm³/mol. The van der Waals surface area contributed by atoms with E-state index in [1.54, 1.807) is 24.1 Å². The van der Waals surface area contributed by atoms with Crippen molar-refractivity contribution in [2.45, 2.75) is 58.7 Å². The van der Waals surface area contributed by atoms with E-state index in [2.05, 4.69) is 5.32 Å².